The van der Waals surface area contributed by atoms with Crippen molar-refractivity contribution in [1.29, 1.82) is 5.26 Å². The van der Waals surface area contributed by atoms with E-state index in [1.807, 2.05) is 0 Å². The van der Waals surface area contributed by atoms with Gasteiger partial charge in [0.15, 0.2) is 0 Å². The molecule has 1 aromatic rings. The standard InChI is InChI=1S/C16H23F2N5O/c1-12(14(24)21-16(11-19)6-4-3-5-7-16)22(2)10-13-20-8-9-23(13)15(17)18/h8-9,12,15H,3-7,10H2,1-2H3,(H,21,24). The minimum Gasteiger partial charge on any atom is -0.336 e. The molecule has 0 saturated heterocycles. The Hall–Kier alpha value is -2.01. The number of halogens is 2. The van der Waals surface area contributed by atoms with E-state index in [4.69, 9.17) is 0 Å². The van der Waals surface area contributed by atoms with E-state index in [0.717, 1.165) is 23.8 Å². The fraction of sp³-hybridized carbons (Fsp3) is 0.688. The Balaban J connectivity index is 1.99. The van der Waals surface area contributed by atoms with Crippen LogP contribution in [-0.2, 0) is 11.3 Å². The molecule has 6 nitrogen and oxygen atoms in total. The number of nitriles is 1. The van der Waals surface area contributed by atoms with Crippen molar-refractivity contribution in [3.63, 3.8) is 0 Å². The lowest BCUT2D eigenvalue weighted by atomic mass is 9.82. The molecule has 1 aromatic heterocycles. The number of nitrogens with zero attached hydrogens (tertiary/aromatic N) is 4. The van der Waals surface area contributed by atoms with Crippen molar-refractivity contribution in [2.45, 2.75) is 63.7 Å². The van der Waals surface area contributed by atoms with Crippen LogP contribution in [0, 0.1) is 11.3 Å². The van der Waals surface area contributed by atoms with Gasteiger partial charge in [-0.05, 0) is 26.8 Å². The second-order valence-electron chi connectivity index (χ2n) is 6.36. The lowest BCUT2D eigenvalue weighted by Gasteiger charge is -2.34. The van der Waals surface area contributed by atoms with E-state index in [9.17, 15) is 18.8 Å². The third kappa shape index (κ3) is 4.09. The van der Waals surface area contributed by atoms with Crippen LogP contribution in [0.5, 0.6) is 0 Å². The molecule has 1 heterocycles. The molecule has 8 heteroatoms. The second kappa shape index (κ2) is 7.71. The van der Waals surface area contributed by atoms with E-state index in [-0.39, 0.29) is 18.3 Å². The van der Waals surface area contributed by atoms with Gasteiger partial charge >= 0.3 is 6.55 Å². The number of imidazole rings is 1. The van der Waals surface area contributed by atoms with Crippen molar-refractivity contribution in [1.82, 2.24) is 19.8 Å². The summed E-state index contributed by atoms with van der Waals surface area (Å²) in [6, 6.07) is 1.69. The molecule has 1 atom stereocenters. The summed E-state index contributed by atoms with van der Waals surface area (Å²) in [6.45, 7) is -0.853. The van der Waals surface area contributed by atoms with Crippen LogP contribution in [0.2, 0.25) is 0 Å². The molecule has 1 saturated carbocycles. The monoisotopic (exact) mass is 339 g/mol. The Morgan fingerprint density at radius 2 is 2.17 bits per heavy atom. The molecule has 1 aliphatic rings. The summed E-state index contributed by atoms with van der Waals surface area (Å²) < 4.78 is 26.5. The SMILES string of the molecule is CC(C(=O)NC1(C#N)CCCCC1)N(C)Cc1nccn1C(F)F. The number of hydrogen-bond acceptors (Lipinski definition) is 4. The van der Waals surface area contributed by atoms with Crippen molar-refractivity contribution in [3.8, 4) is 6.07 Å². The predicted octanol–water partition coefficient (Wildman–Crippen LogP) is 2.44. The highest BCUT2D eigenvalue weighted by Crippen LogP contribution is 2.27. The minimum atomic E-state index is -2.66. The number of amides is 1. The first-order chi connectivity index (χ1) is 11.4. The molecule has 2 rings (SSSR count). The highest BCUT2D eigenvalue weighted by atomic mass is 19.3. The van der Waals surface area contributed by atoms with Crippen LogP contribution in [0.4, 0.5) is 8.78 Å². The topological polar surface area (TPSA) is 74.0 Å². The summed E-state index contributed by atoms with van der Waals surface area (Å²) in [4.78, 5) is 18.1. The van der Waals surface area contributed by atoms with Gasteiger partial charge in [-0.2, -0.15) is 14.0 Å². The number of nitrogens with one attached hydrogen (secondary N) is 1. The van der Waals surface area contributed by atoms with E-state index in [1.54, 1.807) is 18.9 Å². The van der Waals surface area contributed by atoms with Gasteiger partial charge < -0.3 is 5.32 Å². The maximum Gasteiger partial charge on any atom is 0.319 e. The molecule has 1 N–H and O–H groups in total. The van der Waals surface area contributed by atoms with Gasteiger partial charge in [-0.1, -0.05) is 19.3 Å². The summed E-state index contributed by atoms with van der Waals surface area (Å²) in [5, 5.41) is 12.3. The zero-order valence-corrected chi connectivity index (χ0v) is 14.0. The number of carbonyl (C=O) groups is 1. The van der Waals surface area contributed by atoms with Crippen LogP contribution < -0.4 is 5.32 Å². The van der Waals surface area contributed by atoms with Gasteiger partial charge in [-0.15, -0.1) is 0 Å². The van der Waals surface area contributed by atoms with Gasteiger partial charge in [0, 0.05) is 12.4 Å². The third-order valence-corrected chi connectivity index (χ3v) is 4.67. The van der Waals surface area contributed by atoms with Crippen molar-refractivity contribution in [2.24, 2.45) is 0 Å². The summed E-state index contributed by atoms with van der Waals surface area (Å²) in [7, 11) is 1.68. The van der Waals surface area contributed by atoms with E-state index < -0.39 is 18.1 Å². The first kappa shape index (κ1) is 18.3. The highest BCUT2D eigenvalue weighted by Gasteiger charge is 2.35. The summed E-state index contributed by atoms with van der Waals surface area (Å²) >= 11 is 0. The summed E-state index contributed by atoms with van der Waals surface area (Å²) in [6.07, 6.45) is 6.75. The minimum absolute atomic E-state index is 0.117. The largest absolute Gasteiger partial charge is 0.336 e. The molecule has 0 bridgehead atoms. The lowest BCUT2D eigenvalue weighted by molar-refractivity contribution is -0.127. The van der Waals surface area contributed by atoms with Crippen LogP contribution >= 0.6 is 0 Å². The molecular formula is C16H23F2N5O. The van der Waals surface area contributed by atoms with Crippen LogP contribution in [0.3, 0.4) is 0 Å². The number of alkyl halides is 2. The normalized spacial score (nSPS) is 18.4. The van der Waals surface area contributed by atoms with Gasteiger partial charge in [0.05, 0.1) is 18.7 Å². The first-order valence-corrected chi connectivity index (χ1v) is 8.12. The number of hydrogen-bond donors (Lipinski definition) is 1. The van der Waals surface area contributed by atoms with Crippen LogP contribution in [0.15, 0.2) is 12.4 Å². The molecule has 0 radical (unpaired) electrons. The Kier molecular flexibility index (Phi) is 5.89. The smallest absolute Gasteiger partial charge is 0.319 e. The van der Waals surface area contributed by atoms with Gasteiger partial charge in [0.2, 0.25) is 5.91 Å². The molecule has 1 unspecified atom stereocenters. The maximum atomic E-state index is 12.9. The van der Waals surface area contributed by atoms with Crippen molar-refractivity contribution < 1.29 is 13.6 Å². The van der Waals surface area contributed by atoms with Crippen molar-refractivity contribution in [3.05, 3.63) is 18.2 Å². The van der Waals surface area contributed by atoms with Crippen LogP contribution in [-0.4, -0.2) is 39.0 Å². The highest BCUT2D eigenvalue weighted by molar-refractivity contribution is 5.82. The van der Waals surface area contributed by atoms with Crippen LogP contribution in [0.1, 0.15) is 51.4 Å². The molecule has 1 amide bonds. The Morgan fingerprint density at radius 3 is 2.75 bits per heavy atom. The fourth-order valence-electron chi connectivity index (χ4n) is 2.96. The number of likely N-dealkylation sites (N-methyl/N-ethyl adjacent to an activating group) is 1. The maximum absolute atomic E-state index is 12.9. The molecule has 24 heavy (non-hydrogen) atoms. The van der Waals surface area contributed by atoms with E-state index in [0.29, 0.717) is 12.8 Å². The molecule has 1 aliphatic carbocycles. The molecule has 1 fully saturated rings. The summed E-state index contributed by atoms with van der Waals surface area (Å²) in [5.74, 6) is -0.0732. The Labute approximate surface area is 140 Å². The zero-order chi connectivity index (χ0) is 17.7. The second-order valence-corrected chi connectivity index (χ2v) is 6.36. The average Bonchev–Trinajstić information content (AvgIpc) is 3.03. The molecule has 0 spiro atoms. The van der Waals surface area contributed by atoms with E-state index >= 15 is 0 Å². The van der Waals surface area contributed by atoms with Gasteiger partial charge in [-0.25, -0.2) is 4.98 Å². The third-order valence-electron chi connectivity index (χ3n) is 4.67. The Morgan fingerprint density at radius 1 is 1.50 bits per heavy atom. The molecular weight excluding hydrogens is 316 g/mol. The van der Waals surface area contributed by atoms with Crippen molar-refractivity contribution in [2.75, 3.05) is 7.05 Å². The predicted molar refractivity (Wildman–Crippen MR) is 84.0 cm³/mol. The first-order valence-electron chi connectivity index (χ1n) is 8.12. The quantitative estimate of drug-likeness (QED) is 0.864. The molecule has 132 valence electrons. The van der Waals surface area contributed by atoms with Gasteiger partial charge in [0.25, 0.3) is 0 Å². The van der Waals surface area contributed by atoms with Gasteiger partial charge in [-0.3, -0.25) is 14.3 Å². The number of rotatable bonds is 6. The molecule has 0 aliphatic heterocycles. The van der Waals surface area contributed by atoms with Crippen molar-refractivity contribution >= 4 is 5.91 Å². The zero-order valence-electron chi connectivity index (χ0n) is 14.0. The summed E-state index contributed by atoms with van der Waals surface area (Å²) in [5.41, 5.74) is -0.800. The number of aromatic nitrogens is 2. The van der Waals surface area contributed by atoms with E-state index in [2.05, 4.69) is 16.4 Å². The average molecular weight is 339 g/mol. The Bertz CT molecular complexity index is 604. The lowest BCUT2D eigenvalue weighted by Crippen LogP contribution is -2.54. The fourth-order valence-corrected chi connectivity index (χ4v) is 2.96. The molecule has 0 aromatic carbocycles. The number of carbonyl (C=O) groups excluding carboxylic acids is 1. The van der Waals surface area contributed by atoms with E-state index in [1.165, 1.54) is 12.4 Å². The van der Waals surface area contributed by atoms with Gasteiger partial charge in [0.1, 0.15) is 11.4 Å². The van der Waals surface area contributed by atoms with Crippen LogP contribution in [0.25, 0.3) is 0 Å².